The van der Waals surface area contributed by atoms with Gasteiger partial charge in [-0.15, -0.1) is 0 Å². The highest BCUT2D eigenvalue weighted by Gasteiger charge is 2.47. The monoisotopic (exact) mass is 474 g/mol. The molecule has 0 spiro atoms. The summed E-state index contributed by atoms with van der Waals surface area (Å²) in [7, 11) is 1.53. The number of Topliss-reactive ketones (excluding diaryl/α,β-unsaturated/α-hetero) is 1. The number of aromatic nitrogens is 1. The number of aromatic amines is 1. The maximum absolute atomic E-state index is 13.3. The number of carbonyl (C=O) groups is 2. The number of anilines is 1. The van der Waals surface area contributed by atoms with Gasteiger partial charge in [-0.1, -0.05) is 35.9 Å². The smallest absolute Gasteiger partial charge is 0.300 e. The highest BCUT2D eigenvalue weighted by Crippen LogP contribution is 2.44. The van der Waals surface area contributed by atoms with Crippen LogP contribution in [0.3, 0.4) is 0 Å². The van der Waals surface area contributed by atoms with Crippen LogP contribution in [0, 0.1) is 0 Å². The Hall–Kier alpha value is -4.23. The van der Waals surface area contributed by atoms with Crippen molar-refractivity contribution in [1.29, 1.82) is 0 Å². The summed E-state index contributed by atoms with van der Waals surface area (Å²) >= 11 is 6.16. The zero-order chi connectivity index (χ0) is 24.0. The number of benzene rings is 3. The highest BCUT2D eigenvalue weighted by molar-refractivity contribution is 6.52. The van der Waals surface area contributed by atoms with Gasteiger partial charge in [-0.3, -0.25) is 14.5 Å². The normalized spacial score (nSPS) is 17.5. The van der Waals surface area contributed by atoms with E-state index >= 15 is 0 Å². The molecule has 4 aromatic rings. The maximum atomic E-state index is 13.3. The van der Waals surface area contributed by atoms with E-state index < -0.39 is 17.7 Å². The molecule has 1 atom stereocenters. The lowest BCUT2D eigenvalue weighted by molar-refractivity contribution is -0.132. The number of phenolic OH excluding ortho intramolecular Hbond substituents is 1. The Morgan fingerprint density at radius 1 is 1.06 bits per heavy atom. The molecule has 1 amide bonds. The molecular formula is C26H19ClN2O5. The molecule has 7 nitrogen and oxygen atoms in total. The van der Waals surface area contributed by atoms with E-state index in [-0.39, 0.29) is 22.1 Å². The Labute approximate surface area is 199 Å². The Balaban J connectivity index is 1.75. The number of aromatic hydroxyl groups is 1. The first-order valence-electron chi connectivity index (χ1n) is 10.4. The summed E-state index contributed by atoms with van der Waals surface area (Å²) in [6, 6.07) is 17.5. The van der Waals surface area contributed by atoms with E-state index in [1.54, 1.807) is 36.5 Å². The second-order valence-corrected chi connectivity index (χ2v) is 8.23. The average Bonchev–Trinajstić information content (AvgIpc) is 3.40. The van der Waals surface area contributed by atoms with Gasteiger partial charge in [0.2, 0.25) is 0 Å². The molecule has 170 valence electrons. The molecule has 34 heavy (non-hydrogen) atoms. The molecule has 1 aliphatic heterocycles. The highest BCUT2D eigenvalue weighted by atomic mass is 35.5. The third-order valence-electron chi connectivity index (χ3n) is 5.93. The summed E-state index contributed by atoms with van der Waals surface area (Å²) < 4.78 is 5.20. The second kappa shape index (κ2) is 8.28. The van der Waals surface area contributed by atoms with Gasteiger partial charge in [0.15, 0.2) is 0 Å². The molecule has 1 aliphatic rings. The molecule has 0 aliphatic carbocycles. The molecule has 3 aromatic carbocycles. The van der Waals surface area contributed by atoms with Crippen molar-refractivity contribution in [3.05, 3.63) is 94.6 Å². The number of carbonyl (C=O) groups excluding carboxylic acids is 2. The number of nitrogens with one attached hydrogen (secondary N) is 1. The molecule has 1 unspecified atom stereocenters. The lowest BCUT2D eigenvalue weighted by Gasteiger charge is -2.25. The molecular weight excluding hydrogens is 456 g/mol. The van der Waals surface area contributed by atoms with Crippen LogP contribution in [0.2, 0.25) is 5.02 Å². The third-order valence-corrected chi connectivity index (χ3v) is 6.23. The van der Waals surface area contributed by atoms with Crippen LogP contribution >= 0.6 is 11.6 Å². The fourth-order valence-electron chi connectivity index (χ4n) is 4.26. The van der Waals surface area contributed by atoms with Gasteiger partial charge in [0.25, 0.3) is 11.7 Å². The fraction of sp³-hybridized carbons (Fsp3) is 0.0769. The van der Waals surface area contributed by atoms with Crippen LogP contribution in [0.15, 0.2) is 78.5 Å². The lowest BCUT2D eigenvalue weighted by atomic mass is 9.95. The number of hydrogen-bond donors (Lipinski definition) is 3. The van der Waals surface area contributed by atoms with Crippen molar-refractivity contribution in [2.24, 2.45) is 0 Å². The Kier molecular flexibility index (Phi) is 5.26. The van der Waals surface area contributed by atoms with Crippen molar-refractivity contribution in [2.45, 2.75) is 6.04 Å². The molecule has 0 bridgehead atoms. The number of ketones is 1. The Morgan fingerprint density at radius 3 is 2.50 bits per heavy atom. The van der Waals surface area contributed by atoms with Crippen LogP contribution < -0.4 is 9.64 Å². The minimum atomic E-state index is -0.972. The predicted molar refractivity (Wildman–Crippen MR) is 129 cm³/mol. The summed E-state index contributed by atoms with van der Waals surface area (Å²) in [5.41, 5.74) is 2.00. The van der Waals surface area contributed by atoms with Crippen LogP contribution in [0.1, 0.15) is 17.2 Å². The SMILES string of the molecule is COc1ccc(N2C(=O)C(=O)/C(=C(\O)c3c[nH]c4ccccc34)C2c2ccc(O)c(Cl)c2)cc1. The van der Waals surface area contributed by atoms with Crippen molar-refractivity contribution in [3.63, 3.8) is 0 Å². The number of amides is 1. The van der Waals surface area contributed by atoms with Crippen molar-refractivity contribution in [2.75, 3.05) is 12.0 Å². The zero-order valence-electron chi connectivity index (χ0n) is 17.9. The van der Waals surface area contributed by atoms with E-state index in [0.717, 1.165) is 5.52 Å². The lowest BCUT2D eigenvalue weighted by Crippen LogP contribution is -2.29. The van der Waals surface area contributed by atoms with Gasteiger partial charge in [-0.05, 0) is 48.0 Å². The van der Waals surface area contributed by atoms with Gasteiger partial charge in [0, 0.05) is 28.4 Å². The van der Waals surface area contributed by atoms with E-state index in [1.807, 2.05) is 24.3 Å². The minimum Gasteiger partial charge on any atom is -0.507 e. The first kappa shape index (κ1) is 21.6. The number of ether oxygens (including phenoxy) is 1. The zero-order valence-corrected chi connectivity index (χ0v) is 18.7. The number of aliphatic hydroxyl groups excluding tert-OH is 1. The molecule has 0 radical (unpaired) electrons. The van der Waals surface area contributed by atoms with Gasteiger partial charge >= 0.3 is 0 Å². The van der Waals surface area contributed by atoms with Crippen molar-refractivity contribution < 1.29 is 24.5 Å². The van der Waals surface area contributed by atoms with E-state index in [9.17, 15) is 19.8 Å². The number of hydrogen-bond acceptors (Lipinski definition) is 5. The molecule has 8 heteroatoms. The largest absolute Gasteiger partial charge is 0.507 e. The first-order valence-corrected chi connectivity index (χ1v) is 10.8. The van der Waals surface area contributed by atoms with Gasteiger partial charge in [0.1, 0.15) is 17.3 Å². The number of para-hydroxylation sites is 1. The molecule has 5 rings (SSSR count). The van der Waals surface area contributed by atoms with Crippen molar-refractivity contribution in [3.8, 4) is 11.5 Å². The van der Waals surface area contributed by atoms with Crippen LogP contribution in [-0.4, -0.2) is 34.0 Å². The summed E-state index contributed by atoms with van der Waals surface area (Å²) in [6.07, 6.45) is 1.60. The maximum Gasteiger partial charge on any atom is 0.300 e. The number of rotatable bonds is 4. The van der Waals surface area contributed by atoms with E-state index in [2.05, 4.69) is 4.98 Å². The van der Waals surface area contributed by atoms with Gasteiger partial charge < -0.3 is 19.9 Å². The van der Waals surface area contributed by atoms with Crippen LogP contribution in [0.5, 0.6) is 11.5 Å². The van der Waals surface area contributed by atoms with Crippen molar-refractivity contribution >= 4 is 45.6 Å². The van der Waals surface area contributed by atoms with Crippen LogP contribution in [0.25, 0.3) is 16.7 Å². The van der Waals surface area contributed by atoms with E-state index in [1.165, 1.54) is 24.1 Å². The molecule has 1 aromatic heterocycles. The number of nitrogens with zero attached hydrogens (tertiary/aromatic N) is 1. The number of fused-ring (bicyclic) bond motifs is 1. The third kappa shape index (κ3) is 3.38. The number of halogens is 1. The summed E-state index contributed by atoms with van der Waals surface area (Å²) in [6.45, 7) is 0. The first-order chi connectivity index (χ1) is 16.4. The van der Waals surface area contributed by atoms with E-state index in [0.29, 0.717) is 28.0 Å². The number of aliphatic hydroxyl groups is 1. The Morgan fingerprint density at radius 2 is 1.79 bits per heavy atom. The standard InChI is InChI=1S/C26H19ClN2O5/c1-34-16-9-7-15(8-10-16)29-23(14-6-11-21(30)19(27)12-14)22(25(32)26(29)33)24(31)18-13-28-20-5-3-2-4-17(18)20/h2-13,23,28,30-31H,1H3/b24-22-. The number of H-pyrrole nitrogens is 1. The summed E-state index contributed by atoms with van der Waals surface area (Å²) in [5, 5.41) is 22.0. The molecule has 3 N–H and O–H groups in total. The minimum absolute atomic E-state index is 0.0601. The van der Waals surface area contributed by atoms with Gasteiger partial charge in [-0.2, -0.15) is 0 Å². The van der Waals surface area contributed by atoms with E-state index in [4.69, 9.17) is 16.3 Å². The van der Waals surface area contributed by atoms with Gasteiger partial charge in [-0.25, -0.2) is 0 Å². The van der Waals surface area contributed by atoms with Crippen LogP contribution in [-0.2, 0) is 9.59 Å². The van der Waals surface area contributed by atoms with Crippen LogP contribution in [0.4, 0.5) is 5.69 Å². The number of methoxy groups -OCH3 is 1. The molecule has 2 heterocycles. The molecule has 1 fully saturated rings. The second-order valence-electron chi connectivity index (χ2n) is 7.83. The molecule has 1 saturated heterocycles. The fourth-order valence-corrected chi connectivity index (χ4v) is 4.45. The number of phenols is 1. The van der Waals surface area contributed by atoms with Gasteiger partial charge in [0.05, 0.1) is 23.7 Å². The summed E-state index contributed by atoms with van der Waals surface area (Å²) in [5.74, 6) is -1.47. The quantitative estimate of drug-likeness (QED) is 0.215. The Bertz CT molecular complexity index is 1470. The topological polar surface area (TPSA) is 103 Å². The average molecular weight is 475 g/mol. The van der Waals surface area contributed by atoms with Crippen molar-refractivity contribution in [1.82, 2.24) is 4.98 Å². The molecule has 0 saturated carbocycles. The predicted octanol–water partition coefficient (Wildman–Crippen LogP) is 5.16. The summed E-state index contributed by atoms with van der Waals surface area (Å²) in [4.78, 5) is 30.9.